The largest absolute Gasteiger partial charge is 0.354 e. The fourth-order valence-corrected chi connectivity index (χ4v) is 3.28. The van der Waals surface area contributed by atoms with Gasteiger partial charge in [-0.3, -0.25) is 4.99 Å². The average Bonchev–Trinajstić information content (AvgIpc) is 2.71. The third kappa shape index (κ3) is 5.42. The summed E-state index contributed by atoms with van der Waals surface area (Å²) in [7, 11) is 5.89. The Kier molecular flexibility index (Phi) is 6.81. The summed E-state index contributed by atoms with van der Waals surface area (Å²) in [6.45, 7) is 5.45. The molecule has 3 rings (SSSR count). The van der Waals surface area contributed by atoms with Crippen LogP contribution in [0.1, 0.15) is 11.1 Å². The molecule has 0 amide bonds. The van der Waals surface area contributed by atoms with E-state index >= 15 is 0 Å². The highest BCUT2D eigenvalue weighted by molar-refractivity contribution is 5.79. The number of benzene rings is 1. The lowest BCUT2D eigenvalue weighted by Crippen LogP contribution is -2.44. The average molecular weight is 385 g/mol. The molecule has 0 spiro atoms. The first-order chi connectivity index (χ1) is 13.5. The van der Waals surface area contributed by atoms with E-state index in [0.717, 1.165) is 43.5 Å². The number of pyridine rings is 1. The molecule has 150 valence electrons. The van der Waals surface area contributed by atoms with Crippen molar-refractivity contribution in [2.24, 2.45) is 4.99 Å². The Morgan fingerprint density at radius 1 is 1.14 bits per heavy atom. The van der Waals surface area contributed by atoms with Gasteiger partial charge < -0.3 is 20.0 Å². The van der Waals surface area contributed by atoms with Crippen molar-refractivity contribution in [3.05, 3.63) is 59.5 Å². The third-order valence-corrected chi connectivity index (χ3v) is 4.99. The number of halogens is 1. The van der Waals surface area contributed by atoms with Gasteiger partial charge in [0.05, 0.1) is 0 Å². The molecule has 1 fully saturated rings. The molecule has 0 atom stereocenters. The smallest absolute Gasteiger partial charge is 0.193 e. The summed E-state index contributed by atoms with van der Waals surface area (Å²) in [5.41, 5.74) is 2.20. The van der Waals surface area contributed by atoms with Gasteiger partial charge in [-0.05, 0) is 42.4 Å². The highest BCUT2D eigenvalue weighted by atomic mass is 19.1. The maximum Gasteiger partial charge on any atom is 0.193 e. The summed E-state index contributed by atoms with van der Waals surface area (Å²) in [5.74, 6) is 1.60. The van der Waals surface area contributed by atoms with Crippen molar-refractivity contribution >= 4 is 11.8 Å². The minimum Gasteiger partial charge on any atom is -0.354 e. The second-order valence-corrected chi connectivity index (χ2v) is 7.20. The normalized spacial score (nSPS) is 15.6. The molecule has 0 bridgehead atoms. The van der Waals surface area contributed by atoms with Gasteiger partial charge in [0.25, 0.3) is 0 Å². The van der Waals surface area contributed by atoms with Crippen LogP contribution in [0.5, 0.6) is 0 Å². The fraction of sp³-hybridized carbons (Fsp3) is 0.429. The van der Waals surface area contributed by atoms with Gasteiger partial charge in [0, 0.05) is 59.6 Å². The molecule has 1 aliphatic rings. The number of guanidine groups is 1. The maximum absolute atomic E-state index is 13.1. The van der Waals surface area contributed by atoms with Gasteiger partial charge in [-0.25, -0.2) is 9.37 Å². The van der Waals surface area contributed by atoms with Crippen molar-refractivity contribution in [1.82, 2.24) is 20.1 Å². The van der Waals surface area contributed by atoms with Gasteiger partial charge in [-0.1, -0.05) is 12.1 Å². The van der Waals surface area contributed by atoms with Crippen LogP contribution in [-0.2, 0) is 13.1 Å². The van der Waals surface area contributed by atoms with Crippen LogP contribution in [0.25, 0.3) is 0 Å². The van der Waals surface area contributed by atoms with Crippen LogP contribution in [-0.4, -0.2) is 68.1 Å². The number of rotatable bonds is 5. The second-order valence-electron chi connectivity index (χ2n) is 7.20. The van der Waals surface area contributed by atoms with E-state index in [4.69, 9.17) is 0 Å². The molecule has 1 saturated heterocycles. The minimum absolute atomic E-state index is 0.220. The molecule has 1 N–H and O–H groups in total. The molecule has 1 aromatic carbocycles. The molecule has 28 heavy (non-hydrogen) atoms. The summed E-state index contributed by atoms with van der Waals surface area (Å²) in [6, 6.07) is 10.7. The predicted molar refractivity (Wildman–Crippen MR) is 112 cm³/mol. The molecular formula is C21H29FN6. The lowest BCUT2D eigenvalue weighted by Gasteiger charge is -2.33. The van der Waals surface area contributed by atoms with E-state index in [1.807, 2.05) is 24.2 Å². The van der Waals surface area contributed by atoms with Crippen molar-refractivity contribution in [2.75, 3.05) is 52.2 Å². The Bertz CT molecular complexity index is 784. The Labute approximate surface area is 166 Å². The molecule has 0 aliphatic carbocycles. The molecule has 2 heterocycles. The summed E-state index contributed by atoms with van der Waals surface area (Å²) in [4.78, 5) is 15.6. The lowest BCUT2D eigenvalue weighted by molar-refractivity contribution is 0.312. The monoisotopic (exact) mass is 384 g/mol. The highest BCUT2D eigenvalue weighted by Gasteiger charge is 2.15. The highest BCUT2D eigenvalue weighted by Crippen LogP contribution is 2.15. The van der Waals surface area contributed by atoms with E-state index in [0.29, 0.717) is 13.1 Å². The summed E-state index contributed by atoms with van der Waals surface area (Å²) in [5, 5.41) is 3.40. The number of hydrogen-bond donors (Lipinski definition) is 1. The number of anilines is 1. The standard InChI is InChI=1S/C21H29FN6/c1-23-21(27(3)16-17-4-6-19(22)7-5-17)25-15-18-8-9-24-20(14-18)28-12-10-26(2)11-13-28/h4-9,14H,10-13,15-16H2,1-3H3,(H,23,25). The minimum atomic E-state index is -0.220. The third-order valence-electron chi connectivity index (χ3n) is 4.99. The first kappa shape index (κ1) is 20.1. The van der Waals surface area contributed by atoms with Crippen LogP contribution in [0, 0.1) is 5.82 Å². The van der Waals surface area contributed by atoms with Crippen LogP contribution < -0.4 is 10.2 Å². The van der Waals surface area contributed by atoms with Crippen molar-refractivity contribution in [3.63, 3.8) is 0 Å². The first-order valence-corrected chi connectivity index (χ1v) is 9.60. The Morgan fingerprint density at radius 2 is 1.86 bits per heavy atom. The Morgan fingerprint density at radius 3 is 2.54 bits per heavy atom. The Hall–Kier alpha value is -2.67. The van der Waals surface area contributed by atoms with Gasteiger partial charge >= 0.3 is 0 Å². The van der Waals surface area contributed by atoms with E-state index in [1.54, 1.807) is 19.2 Å². The van der Waals surface area contributed by atoms with Crippen LogP contribution in [0.3, 0.4) is 0 Å². The van der Waals surface area contributed by atoms with Crippen molar-refractivity contribution in [2.45, 2.75) is 13.1 Å². The summed E-state index contributed by atoms with van der Waals surface area (Å²) in [6.07, 6.45) is 1.87. The van der Waals surface area contributed by atoms with Crippen LogP contribution in [0.15, 0.2) is 47.6 Å². The fourth-order valence-electron chi connectivity index (χ4n) is 3.28. The van der Waals surface area contributed by atoms with Gasteiger partial charge in [-0.2, -0.15) is 0 Å². The molecule has 0 radical (unpaired) electrons. The van der Waals surface area contributed by atoms with E-state index in [2.05, 4.69) is 38.2 Å². The molecule has 0 unspecified atom stereocenters. The number of aromatic nitrogens is 1. The predicted octanol–water partition coefficient (Wildman–Crippen LogP) is 2.18. The number of hydrogen-bond acceptors (Lipinski definition) is 4. The second kappa shape index (κ2) is 9.50. The van der Waals surface area contributed by atoms with E-state index in [9.17, 15) is 4.39 Å². The van der Waals surface area contributed by atoms with Crippen molar-refractivity contribution in [3.8, 4) is 0 Å². The molecule has 6 nitrogen and oxygen atoms in total. The summed E-state index contributed by atoms with van der Waals surface area (Å²) < 4.78 is 13.1. The molecule has 7 heteroatoms. The van der Waals surface area contributed by atoms with E-state index in [-0.39, 0.29) is 5.82 Å². The first-order valence-electron chi connectivity index (χ1n) is 9.60. The van der Waals surface area contributed by atoms with Crippen LogP contribution >= 0.6 is 0 Å². The van der Waals surface area contributed by atoms with Crippen LogP contribution in [0.2, 0.25) is 0 Å². The molecule has 1 aromatic heterocycles. The van der Waals surface area contributed by atoms with Gasteiger partial charge in [0.15, 0.2) is 5.96 Å². The van der Waals surface area contributed by atoms with Crippen molar-refractivity contribution < 1.29 is 4.39 Å². The zero-order valence-electron chi connectivity index (χ0n) is 16.9. The van der Waals surface area contributed by atoms with Crippen molar-refractivity contribution in [1.29, 1.82) is 0 Å². The van der Waals surface area contributed by atoms with E-state index < -0.39 is 0 Å². The summed E-state index contributed by atoms with van der Waals surface area (Å²) >= 11 is 0. The lowest BCUT2D eigenvalue weighted by atomic mass is 10.2. The Balaban J connectivity index is 1.57. The number of nitrogens with zero attached hydrogens (tertiary/aromatic N) is 5. The molecule has 2 aromatic rings. The number of nitrogens with one attached hydrogen (secondary N) is 1. The zero-order chi connectivity index (χ0) is 19.9. The number of aliphatic imine (C=N–C) groups is 1. The maximum atomic E-state index is 13.1. The topological polar surface area (TPSA) is 47.0 Å². The quantitative estimate of drug-likeness (QED) is 0.633. The molecular weight excluding hydrogens is 355 g/mol. The molecule has 1 aliphatic heterocycles. The number of likely N-dealkylation sites (N-methyl/N-ethyl adjacent to an activating group) is 1. The van der Waals surface area contributed by atoms with Gasteiger partial charge in [0.1, 0.15) is 11.6 Å². The van der Waals surface area contributed by atoms with Gasteiger partial charge in [-0.15, -0.1) is 0 Å². The SMILES string of the molecule is CN=C(NCc1ccnc(N2CCN(C)CC2)c1)N(C)Cc1ccc(F)cc1. The molecule has 0 saturated carbocycles. The van der Waals surface area contributed by atoms with Crippen LogP contribution in [0.4, 0.5) is 10.2 Å². The number of piperazine rings is 1. The zero-order valence-corrected chi connectivity index (χ0v) is 16.9. The van der Waals surface area contributed by atoms with E-state index in [1.165, 1.54) is 17.7 Å². The van der Waals surface area contributed by atoms with Gasteiger partial charge in [0.2, 0.25) is 0 Å².